The number of nitrogens with zero attached hydrogens (tertiary/aromatic N) is 2. The Morgan fingerprint density at radius 1 is 1.03 bits per heavy atom. The molecule has 0 radical (unpaired) electrons. The smallest absolute Gasteiger partial charge is 0.308 e. The van der Waals surface area contributed by atoms with Gasteiger partial charge in [0, 0.05) is 24.3 Å². The third kappa shape index (κ3) is 5.34. The van der Waals surface area contributed by atoms with E-state index in [0.717, 1.165) is 75.7 Å². The predicted octanol–water partition coefficient (Wildman–Crippen LogP) is 3.36. The molecule has 1 saturated heterocycles. The maximum atomic E-state index is 13.7. The molecule has 2 aliphatic carbocycles. The Labute approximate surface area is 196 Å². The standard InChI is InChI=1S/C26H39N3O4/c1-2-28-15-9-11-19(28)17-29-23-14-6-4-3-5-10-18(23)16-21(25(29)31)24(30)27-22-13-8-7-12-20(22)26(32)33/h16,19-20,22H,2-15,17H2,1H3,(H,27,30)(H,32,33). The van der Waals surface area contributed by atoms with Gasteiger partial charge in [0.15, 0.2) is 0 Å². The number of rotatable bonds is 6. The molecule has 3 unspecified atom stereocenters. The van der Waals surface area contributed by atoms with Gasteiger partial charge in [-0.05, 0) is 76.1 Å². The van der Waals surface area contributed by atoms with Crippen molar-refractivity contribution in [3.05, 3.63) is 33.2 Å². The summed E-state index contributed by atoms with van der Waals surface area (Å²) in [4.78, 5) is 41.1. The number of amides is 1. The fourth-order valence-electron chi connectivity index (χ4n) is 6.16. The van der Waals surface area contributed by atoms with Gasteiger partial charge in [-0.1, -0.05) is 32.6 Å². The highest BCUT2D eigenvalue weighted by atomic mass is 16.4. The molecule has 3 atom stereocenters. The second kappa shape index (κ2) is 10.9. The van der Waals surface area contributed by atoms with Gasteiger partial charge in [0.1, 0.15) is 5.56 Å². The average Bonchev–Trinajstić information content (AvgIpc) is 3.24. The van der Waals surface area contributed by atoms with E-state index in [1.807, 2.05) is 10.6 Å². The van der Waals surface area contributed by atoms with E-state index >= 15 is 0 Å². The van der Waals surface area contributed by atoms with Crippen molar-refractivity contribution < 1.29 is 14.7 Å². The van der Waals surface area contributed by atoms with Crippen LogP contribution >= 0.6 is 0 Å². The fourth-order valence-corrected chi connectivity index (χ4v) is 6.16. The van der Waals surface area contributed by atoms with E-state index in [1.54, 1.807) is 0 Å². The van der Waals surface area contributed by atoms with Gasteiger partial charge in [-0.2, -0.15) is 0 Å². The number of carboxylic acids is 1. The molecule has 4 rings (SSSR count). The Morgan fingerprint density at radius 3 is 2.55 bits per heavy atom. The van der Waals surface area contributed by atoms with Gasteiger partial charge in [0.25, 0.3) is 11.5 Å². The Morgan fingerprint density at radius 2 is 1.79 bits per heavy atom. The monoisotopic (exact) mass is 457 g/mol. The van der Waals surface area contributed by atoms with Crippen molar-refractivity contribution in [2.45, 2.75) is 103 Å². The molecule has 2 heterocycles. The van der Waals surface area contributed by atoms with Gasteiger partial charge in [0.05, 0.1) is 5.92 Å². The van der Waals surface area contributed by atoms with Crippen molar-refractivity contribution in [1.29, 1.82) is 0 Å². The van der Waals surface area contributed by atoms with Crippen molar-refractivity contribution in [2.24, 2.45) is 5.92 Å². The van der Waals surface area contributed by atoms with Crippen LogP contribution in [0.5, 0.6) is 0 Å². The van der Waals surface area contributed by atoms with E-state index in [-0.39, 0.29) is 11.1 Å². The molecular formula is C26H39N3O4. The van der Waals surface area contributed by atoms with E-state index in [1.165, 1.54) is 12.8 Å². The molecule has 33 heavy (non-hydrogen) atoms. The van der Waals surface area contributed by atoms with Gasteiger partial charge >= 0.3 is 5.97 Å². The first-order valence-electron chi connectivity index (χ1n) is 13.0. The van der Waals surface area contributed by atoms with Crippen LogP contribution in [0.1, 0.15) is 92.7 Å². The van der Waals surface area contributed by atoms with Crippen LogP contribution in [0.3, 0.4) is 0 Å². The quantitative estimate of drug-likeness (QED) is 0.683. The molecule has 7 heteroatoms. The highest BCUT2D eigenvalue weighted by Crippen LogP contribution is 2.26. The zero-order valence-corrected chi connectivity index (χ0v) is 20.0. The minimum absolute atomic E-state index is 0.185. The van der Waals surface area contributed by atoms with Gasteiger partial charge < -0.3 is 15.0 Å². The van der Waals surface area contributed by atoms with Crippen LogP contribution in [0.2, 0.25) is 0 Å². The van der Waals surface area contributed by atoms with E-state index in [0.29, 0.717) is 25.4 Å². The molecule has 0 spiro atoms. The Bertz CT molecular complexity index is 925. The zero-order chi connectivity index (χ0) is 23.4. The Kier molecular flexibility index (Phi) is 7.89. The molecule has 0 aromatic carbocycles. The van der Waals surface area contributed by atoms with Crippen LogP contribution in [-0.2, 0) is 24.2 Å². The lowest BCUT2D eigenvalue weighted by Gasteiger charge is -2.30. The lowest BCUT2D eigenvalue weighted by Crippen LogP contribution is -2.47. The highest BCUT2D eigenvalue weighted by Gasteiger charge is 2.33. The van der Waals surface area contributed by atoms with Gasteiger partial charge in [-0.25, -0.2) is 0 Å². The first-order chi connectivity index (χ1) is 16.0. The van der Waals surface area contributed by atoms with Gasteiger partial charge in [-0.15, -0.1) is 0 Å². The second-order valence-electron chi connectivity index (χ2n) is 10.1. The first kappa shape index (κ1) is 24.0. The molecular weight excluding hydrogens is 418 g/mol. The minimum Gasteiger partial charge on any atom is -0.481 e. The summed E-state index contributed by atoms with van der Waals surface area (Å²) in [6.07, 6.45) is 11.5. The van der Waals surface area contributed by atoms with E-state index in [4.69, 9.17) is 0 Å². The SMILES string of the molecule is CCN1CCCC1Cn1c2c(cc(C(=O)NC3CCCCC3C(=O)O)c1=O)CCCCCC2. The van der Waals surface area contributed by atoms with Crippen molar-refractivity contribution in [1.82, 2.24) is 14.8 Å². The summed E-state index contributed by atoms with van der Waals surface area (Å²) in [6.45, 7) is 4.84. The van der Waals surface area contributed by atoms with E-state index < -0.39 is 23.8 Å². The molecule has 7 nitrogen and oxygen atoms in total. The molecule has 1 aromatic heterocycles. The number of likely N-dealkylation sites (tertiary alicyclic amines) is 1. The average molecular weight is 458 g/mol. The highest BCUT2D eigenvalue weighted by molar-refractivity contribution is 5.94. The third-order valence-electron chi connectivity index (χ3n) is 8.04. The number of carbonyl (C=O) groups is 2. The minimum atomic E-state index is -0.864. The molecule has 0 bridgehead atoms. The maximum absolute atomic E-state index is 13.7. The lowest BCUT2D eigenvalue weighted by atomic mass is 9.84. The predicted molar refractivity (Wildman–Crippen MR) is 128 cm³/mol. The number of hydrogen-bond donors (Lipinski definition) is 2. The van der Waals surface area contributed by atoms with Crippen LogP contribution in [0.4, 0.5) is 0 Å². The number of likely N-dealkylation sites (N-methyl/N-ethyl adjacent to an activating group) is 1. The fraction of sp³-hybridized carbons (Fsp3) is 0.731. The number of nitrogens with one attached hydrogen (secondary N) is 1. The van der Waals surface area contributed by atoms with Crippen LogP contribution < -0.4 is 10.9 Å². The number of pyridine rings is 1. The number of aryl methyl sites for hydroxylation is 1. The zero-order valence-electron chi connectivity index (χ0n) is 20.0. The van der Waals surface area contributed by atoms with Gasteiger partial charge in [0.2, 0.25) is 0 Å². The molecule has 182 valence electrons. The number of carbonyl (C=O) groups excluding carboxylic acids is 1. The topological polar surface area (TPSA) is 91.6 Å². The lowest BCUT2D eigenvalue weighted by molar-refractivity contribution is -0.143. The normalized spacial score (nSPS) is 26.3. The maximum Gasteiger partial charge on any atom is 0.308 e. The molecule has 2 N–H and O–H groups in total. The summed E-state index contributed by atoms with van der Waals surface area (Å²) in [5, 5.41) is 12.5. The van der Waals surface area contributed by atoms with Gasteiger partial charge in [-0.3, -0.25) is 19.3 Å². The third-order valence-corrected chi connectivity index (χ3v) is 8.04. The van der Waals surface area contributed by atoms with E-state index in [2.05, 4.69) is 17.1 Å². The summed E-state index contributed by atoms with van der Waals surface area (Å²) in [5.41, 5.74) is 2.21. The summed E-state index contributed by atoms with van der Waals surface area (Å²) in [6, 6.07) is 1.74. The number of aliphatic carboxylic acids is 1. The summed E-state index contributed by atoms with van der Waals surface area (Å²) in [5.74, 6) is -1.85. The van der Waals surface area contributed by atoms with Crippen LogP contribution in [-0.4, -0.2) is 51.6 Å². The Balaban J connectivity index is 1.67. The number of hydrogen-bond acceptors (Lipinski definition) is 4. The molecule has 2 fully saturated rings. The molecule has 1 aromatic rings. The molecule has 1 aliphatic heterocycles. The molecule has 3 aliphatic rings. The summed E-state index contributed by atoms with van der Waals surface area (Å²) in [7, 11) is 0. The second-order valence-corrected chi connectivity index (χ2v) is 10.1. The van der Waals surface area contributed by atoms with Crippen molar-refractivity contribution >= 4 is 11.9 Å². The first-order valence-corrected chi connectivity index (χ1v) is 13.0. The molecule has 1 saturated carbocycles. The number of aromatic nitrogens is 1. The largest absolute Gasteiger partial charge is 0.481 e. The summed E-state index contributed by atoms with van der Waals surface area (Å²) >= 11 is 0. The van der Waals surface area contributed by atoms with E-state index in [9.17, 15) is 19.5 Å². The van der Waals surface area contributed by atoms with Crippen LogP contribution in [0.25, 0.3) is 0 Å². The number of fused-ring (bicyclic) bond motifs is 1. The van der Waals surface area contributed by atoms with Crippen LogP contribution in [0.15, 0.2) is 10.9 Å². The number of carboxylic acid groups (broad SMARTS) is 1. The summed E-state index contributed by atoms with van der Waals surface area (Å²) < 4.78 is 1.91. The molecule has 1 amide bonds. The van der Waals surface area contributed by atoms with Crippen molar-refractivity contribution in [2.75, 3.05) is 13.1 Å². The van der Waals surface area contributed by atoms with Crippen molar-refractivity contribution in [3.63, 3.8) is 0 Å². The van der Waals surface area contributed by atoms with Crippen LogP contribution in [0, 0.1) is 5.92 Å². The Hall–Kier alpha value is -2.15. The van der Waals surface area contributed by atoms with Crippen molar-refractivity contribution in [3.8, 4) is 0 Å².